The van der Waals surface area contributed by atoms with Gasteiger partial charge in [-0.2, -0.15) is 0 Å². The van der Waals surface area contributed by atoms with E-state index in [1.165, 1.54) is 0 Å². The van der Waals surface area contributed by atoms with Gasteiger partial charge in [-0.1, -0.05) is 23.7 Å². The van der Waals surface area contributed by atoms with Gasteiger partial charge in [0.2, 0.25) is 0 Å². The van der Waals surface area contributed by atoms with Gasteiger partial charge in [0, 0.05) is 13.1 Å². The molecule has 0 radical (unpaired) electrons. The molecule has 1 aliphatic heterocycles. The van der Waals surface area contributed by atoms with Gasteiger partial charge in [0.25, 0.3) is 0 Å². The van der Waals surface area contributed by atoms with E-state index >= 15 is 0 Å². The molecule has 1 aromatic rings. The second kappa shape index (κ2) is 5.14. The molecule has 0 bridgehead atoms. The minimum Gasteiger partial charge on any atom is -0.481 e. The number of aliphatic carboxylic acids is 1. The second-order valence-corrected chi connectivity index (χ2v) is 5.06. The van der Waals surface area contributed by atoms with E-state index in [4.69, 9.17) is 16.7 Å². The molecular weight excluding hydrogens is 257 g/mol. The van der Waals surface area contributed by atoms with Crippen molar-refractivity contribution < 1.29 is 14.3 Å². The molecular formula is C13H15ClFNO2. The Hall–Kier alpha value is -1.29. The molecule has 0 spiro atoms. The van der Waals surface area contributed by atoms with Crippen LogP contribution in [0.3, 0.4) is 0 Å². The number of halogens is 2. The Morgan fingerprint density at radius 2 is 2.00 bits per heavy atom. The van der Waals surface area contributed by atoms with Gasteiger partial charge >= 0.3 is 5.97 Å². The van der Waals surface area contributed by atoms with E-state index in [2.05, 4.69) is 0 Å². The Morgan fingerprint density at radius 3 is 2.50 bits per heavy atom. The molecule has 0 aliphatic carbocycles. The number of carboxylic acid groups (broad SMARTS) is 1. The van der Waals surface area contributed by atoms with Crippen LogP contribution in [0.15, 0.2) is 24.3 Å². The van der Waals surface area contributed by atoms with Crippen LogP contribution in [-0.2, 0) is 4.79 Å². The maximum Gasteiger partial charge on any atom is 0.312 e. The van der Waals surface area contributed by atoms with Gasteiger partial charge < -0.3 is 10.0 Å². The van der Waals surface area contributed by atoms with Crippen molar-refractivity contribution in [2.24, 2.45) is 5.41 Å². The quantitative estimate of drug-likeness (QED) is 0.919. The number of hydrogen-bond donors (Lipinski definition) is 1. The van der Waals surface area contributed by atoms with E-state index in [9.17, 15) is 9.18 Å². The second-order valence-electron chi connectivity index (χ2n) is 4.66. The number of hydrogen-bond acceptors (Lipinski definition) is 2. The van der Waals surface area contributed by atoms with Gasteiger partial charge in [-0.25, -0.2) is 4.39 Å². The summed E-state index contributed by atoms with van der Waals surface area (Å²) in [7, 11) is 0. The topological polar surface area (TPSA) is 40.5 Å². The summed E-state index contributed by atoms with van der Waals surface area (Å²) in [6, 6.07) is 7.42. The Balaban J connectivity index is 2.11. The zero-order valence-corrected chi connectivity index (χ0v) is 10.7. The van der Waals surface area contributed by atoms with Crippen molar-refractivity contribution in [2.75, 3.05) is 24.7 Å². The van der Waals surface area contributed by atoms with Gasteiger partial charge in [-0.15, -0.1) is 0 Å². The van der Waals surface area contributed by atoms with Crippen molar-refractivity contribution in [3.8, 4) is 0 Å². The molecule has 3 nitrogen and oxygen atoms in total. The largest absolute Gasteiger partial charge is 0.481 e. The summed E-state index contributed by atoms with van der Waals surface area (Å²) in [6.45, 7) is 0.221. The van der Waals surface area contributed by atoms with Crippen molar-refractivity contribution in [2.45, 2.75) is 12.8 Å². The molecule has 1 saturated heterocycles. The Bertz CT molecular complexity index is 444. The lowest BCUT2D eigenvalue weighted by molar-refractivity contribution is -0.151. The van der Waals surface area contributed by atoms with Crippen LogP contribution < -0.4 is 4.90 Å². The predicted octanol–water partition coefficient (Wildman–Crippen LogP) is 2.98. The van der Waals surface area contributed by atoms with E-state index in [-0.39, 0.29) is 0 Å². The van der Waals surface area contributed by atoms with Gasteiger partial charge in [0.05, 0.1) is 16.1 Å². The Kier molecular flexibility index (Phi) is 3.76. The van der Waals surface area contributed by atoms with Crippen LogP contribution in [0.25, 0.3) is 0 Å². The number of nitrogens with zero attached hydrogens (tertiary/aromatic N) is 1. The van der Waals surface area contributed by atoms with Gasteiger partial charge in [0.1, 0.15) is 6.67 Å². The van der Waals surface area contributed by atoms with Crippen LogP contribution in [0.2, 0.25) is 5.02 Å². The fourth-order valence-electron chi connectivity index (χ4n) is 2.29. The molecule has 0 aromatic heterocycles. The first kappa shape index (κ1) is 13.1. The van der Waals surface area contributed by atoms with E-state index in [0.717, 1.165) is 5.69 Å². The third kappa shape index (κ3) is 2.29. The van der Waals surface area contributed by atoms with Crippen molar-refractivity contribution in [1.29, 1.82) is 0 Å². The third-order valence-electron chi connectivity index (χ3n) is 3.62. The van der Waals surface area contributed by atoms with Crippen molar-refractivity contribution >= 4 is 23.3 Å². The lowest BCUT2D eigenvalue weighted by Crippen LogP contribution is -2.45. The molecule has 0 saturated carbocycles. The van der Waals surface area contributed by atoms with Crippen LogP contribution in [0, 0.1) is 5.41 Å². The highest BCUT2D eigenvalue weighted by Crippen LogP contribution is 2.36. The summed E-state index contributed by atoms with van der Waals surface area (Å²) in [6.07, 6.45) is 0.619. The minimum atomic E-state index is -1.21. The monoisotopic (exact) mass is 271 g/mol. The lowest BCUT2D eigenvalue weighted by Gasteiger charge is -2.38. The standard InChI is InChI=1S/C13H15ClFNO2/c14-10-3-1-2-4-11(10)16-7-5-13(9-15,6-8-16)12(17)18/h1-4H,5-9H2,(H,17,18). The summed E-state index contributed by atoms with van der Waals surface area (Å²) < 4.78 is 13.0. The van der Waals surface area contributed by atoms with Crippen LogP contribution in [0.5, 0.6) is 0 Å². The van der Waals surface area contributed by atoms with Crippen LogP contribution in [-0.4, -0.2) is 30.8 Å². The summed E-state index contributed by atoms with van der Waals surface area (Å²) in [5.41, 5.74) is -0.324. The molecule has 5 heteroatoms. The molecule has 0 unspecified atom stereocenters. The molecule has 1 aliphatic rings. The van der Waals surface area contributed by atoms with E-state index in [1.807, 2.05) is 23.1 Å². The maximum atomic E-state index is 13.0. The predicted molar refractivity (Wildman–Crippen MR) is 68.9 cm³/mol. The number of carboxylic acids is 1. The highest BCUT2D eigenvalue weighted by Gasteiger charge is 2.42. The van der Waals surface area contributed by atoms with Crippen LogP contribution in [0.4, 0.5) is 10.1 Å². The smallest absolute Gasteiger partial charge is 0.312 e. The average Bonchev–Trinajstić information content (AvgIpc) is 2.39. The number of carbonyl (C=O) groups is 1. The highest BCUT2D eigenvalue weighted by molar-refractivity contribution is 6.33. The molecule has 1 N–H and O–H groups in total. The normalized spacial score (nSPS) is 18.7. The number of para-hydroxylation sites is 1. The van der Waals surface area contributed by atoms with E-state index < -0.39 is 18.1 Å². The first-order chi connectivity index (χ1) is 8.59. The Labute approximate surface area is 110 Å². The number of benzene rings is 1. The molecule has 18 heavy (non-hydrogen) atoms. The molecule has 0 amide bonds. The van der Waals surface area contributed by atoms with Crippen LogP contribution >= 0.6 is 11.6 Å². The van der Waals surface area contributed by atoms with E-state index in [1.54, 1.807) is 6.07 Å². The molecule has 1 aromatic carbocycles. The number of anilines is 1. The number of alkyl halides is 1. The SMILES string of the molecule is O=C(O)C1(CF)CCN(c2ccccc2Cl)CC1. The maximum absolute atomic E-state index is 13.0. The van der Waals surface area contributed by atoms with Gasteiger partial charge in [-0.05, 0) is 25.0 Å². The van der Waals surface area contributed by atoms with E-state index in [0.29, 0.717) is 31.0 Å². The fraction of sp³-hybridized carbons (Fsp3) is 0.462. The zero-order valence-electron chi connectivity index (χ0n) is 9.90. The highest BCUT2D eigenvalue weighted by atomic mass is 35.5. The number of rotatable bonds is 3. The average molecular weight is 272 g/mol. The van der Waals surface area contributed by atoms with Crippen LogP contribution in [0.1, 0.15) is 12.8 Å². The van der Waals surface area contributed by atoms with Gasteiger partial charge in [0.15, 0.2) is 0 Å². The molecule has 1 heterocycles. The summed E-state index contributed by atoms with van der Waals surface area (Å²) in [5, 5.41) is 9.76. The lowest BCUT2D eigenvalue weighted by atomic mass is 9.79. The van der Waals surface area contributed by atoms with Gasteiger partial charge in [-0.3, -0.25) is 4.79 Å². The summed E-state index contributed by atoms with van der Waals surface area (Å²) in [4.78, 5) is 13.1. The van der Waals surface area contributed by atoms with Crippen molar-refractivity contribution in [3.63, 3.8) is 0 Å². The first-order valence-electron chi connectivity index (χ1n) is 5.88. The molecule has 1 fully saturated rings. The summed E-state index contributed by atoms with van der Waals surface area (Å²) in [5.74, 6) is -1.04. The summed E-state index contributed by atoms with van der Waals surface area (Å²) >= 11 is 6.09. The first-order valence-corrected chi connectivity index (χ1v) is 6.26. The zero-order chi connectivity index (χ0) is 13.2. The van der Waals surface area contributed by atoms with Crippen molar-refractivity contribution in [3.05, 3.63) is 29.3 Å². The molecule has 0 atom stereocenters. The fourth-order valence-corrected chi connectivity index (χ4v) is 2.54. The minimum absolute atomic E-state index is 0.310. The molecule has 2 rings (SSSR count). The number of piperidine rings is 1. The molecule has 98 valence electrons. The van der Waals surface area contributed by atoms with Crippen molar-refractivity contribution in [1.82, 2.24) is 0 Å². The Morgan fingerprint density at radius 1 is 1.39 bits per heavy atom. The third-order valence-corrected chi connectivity index (χ3v) is 3.94.